The van der Waals surface area contributed by atoms with Gasteiger partial charge in [-0.3, -0.25) is 14.4 Å². The SMILES string of the molecule is CCCC(=O)O[C@@H]1C(c2cccs2)=C[C@@](OC(=O)CCC)(C(=O)OC)C[C@H]1OC(=O)CCC. The summed E-state index contributed by atoms with van der Waals surface area (Å²) in [4.78, 5) is 51.0. The molecule has 1 aromatic rings. The Morgan fingerprint density at radius 3 is 2.12 bits per heavy atom. The third-order valence-electron chi connectivity index (χ3n) is 5.07. The van der Waals surface area contributed by atoms with Crippen molar-refractivity contribution in [3.8, 4) is 0 Å². The monoisotopic (exact) mass is 480 g/mol. The standard InChI is InChI=1S/C24H32O8S/c1-5-9-19(25)30-17-15-24(23(28)29-4,32-21(27)11-7-3)14-16(18-12-8-13-33-18)22(17)31-20(26)10-6-2/h8,12-14,17,22H,5-7,9-11,15H2,1-4H3/t17-,22-,24+/m1/s1. The Bertz CT molecular complexity index is 860. The van der Waals surface area contributed by atoms with Crippen molar-refractivity contribution < 1.29 is 38.1 Å². The van der Waals surface area contributed by atoms with Gasteiger partial charge in [0.1, 0.15) is 6.10 Å². The molecule has 3 atom stereocenters. The number of carbonyl (C=O) groups excluding carboxylic acids is 4. The Hall–Kier alpha value is -2.68. The van der Waals surface area contributed by atoms with Crippen LogP contribution >= 0.6 is 11.3 Å². The highest BCUT2D eigenvalue weighted by Gasteiger charge is 2.52. The summed E-state index contributed by atoms with van der Waals surface area (Å²) < 4.78 is 22.1. The summed E-state index contributed by atoms with van der Waals surface area (Å²) in [6, 6.07) is 3.60. The molecule has 0 saturated carbocycles. The smallest absolute Gasteiger partial charge is 0.354 e. The molecule has 0 N–H and O–H groups in total. The molecule has 0 fully saturated rings. The van der Waals surface area contributed by atoms with Gasteiger partial charge in [-0.25, -0.2) is 4.79 Å². The van der Waals surface area contributed by atoms with Gasteiger partial charge in [-0.2, -0.15) is 0 Å². The van der Waals surface area contributed by atoms with Gasteiger partial charge in [0.2, 0.25) is 5.60 Å². The van der Waals surface area contributed by atoms with E-state index in [-0.39, 0.29) is 25.7 Å². The van der Waals surface area contributed by atoms with Gasteiger partial charge in [0.15, 0.2) is 6.10 Å². The quantitative estimate of drug-likeness (QED) is 0.343. The van der Waals surface area contributed by atoms with Crippen LogP contribution in [0.4, 0.5) is 0 Å². The van der Waals surface area contributed by atoms with Gasteiger partial charge >= 0.3 is 23.9 Å². The zero-order valence-corrected chi connectivity index (χ0v) is 20.4. The Labute approximate surface area is 198 Å². The number of thiophene rings is 1. The minimum absolute atomic E-state index is 0.107. The molecule has 0 spiro atoms. The molecule has 1 aliphatic rings. The lowest BCUT2D eigenvalue weighted by Crippen LogP contribution is -2.53. The van der Waals surface area contributed by atoms with Gasteiger partial charge in [-0.15, -0.1) is 11.3 Å². The molecule has 0 aliphatic heterocycles. The Balaban J connectivity index is 2.61. The lowest BCUT2D eigenvalue weighted by molar-refractivity contribution is -0.186. The second-order valence-corrected chi connectivity index (χ2v) is 8.77. The number of hydrogen-bond acceptors (Lipinski definition) is 9. The van der Waals surface area contributed by atoms with E-state index < -0.39 is 41.7 Å². The van der Waals surface area contributed by atoms with Crippen LogP contribution in [-0.2, 0) is 38.1 Å². The molecular formula is C24H32O8S. The summed E-state index contributed by atoms with van der Waals surface area (Å²) in [7, 11) is 1.20. The number of esters is 4. The Kier molecular flexibility index (Phi) is 10.1. The van der Waals surface area contributed by atoms with Crippen LogP contribution in [0, 0.1) is 0 Å². The van der Waals surface area contributed by atoms with E-state index in [0.717, 1.165) is 0 Å². The topological polar surface area (TPSA) is 105 Å². The first-order valence-electron chi connectivity index (χ1n) is 11.3. The summed E-state index contributed by atoms with van der Waals surface area (Å²) in [6.45, 7) is 5.51. The molecule has 1 aliphatic carbocycles. The first-order valence-corrected chi connectivity index (χ1v) is 12.1. The summed E-state index contributed by atoms with van der Waals surface area (Å²) in [6.07, 6.45) is 1.40. The predicted octanol–water partition coefficient (Wildman–Crippen LogP) is 4.21. The highest BCUT2D eigenvalue weighted by atomic mass is 32.1. The Morgan fingerprint density at radius 1 is 0.970 bits per heavy atom. The Morgan fingerprint density at radius 2 is 1.58 bits per heavy atom. The van der Waals surface area contributed by atoms with Crippen molar-refractivity contribution in [3.63, 3.8) is 0 Å². The fourth-order valence-electron chi connectivity index (χ4n) is 3.62. The van der Waals surface area contributed by atoms with Crippen LogP contribution in [0.3, 0.4) is 0 Å². The minimum atomic E-state index is -1.81. The van der Waals surface area contributed by atoms with Gasteiger partial charge in [-0.1, -0.05) is 26.8 Å². The van der Waals surface area contributed by atoms with Crippen molar-refractivity contribution in [2.24, 2.45) is 0 Å². The van der Waals surface area contributed by atoms with Crippen molar-refractivity contribution in [1.29, 1.82) is 0 Å². The summed E-state index contributed by atoms with van der Waals surface area (Å²) >= 11 is 1.36. The lowest BCUT2D eigenvalue weighted by atomic mass is 9.81. The third-order valence-corrected chi connectivity index (χ3v) is 5.99. The number of carbonyl (C=O) groups is 4. The van der Waals surface area contributed by atoms with E-state index in [2.05, 4.69) is 0 Å². The fourth-order valence-corrected chi connectivity index (χ4v) is 4.39. The number of rotatable bonds is 11. The second-order valence-electron chi connectivity index (χ2n) is 7.83. The second kappa shape index (κ2) is 12.5. The molecular weight excluding hydrogens is 448 g/mol. The molecule has 9 heteroatoms. The zero-order chi connectivity index (χ0) is 24.4. The molecule has 0 radical (unpaired) electrons. The normalized spacial score (nSPS) is 22.1. The maximum Gasteiger partial charge on any atom is 0.354 e. The summed E-state index contributed by atoms with van der Waals surface area (Å²) in [5.41, 5.74) is -1.38. The molecule has 33 heavy (non-hydrogen) atoms. The highest BCUT2D eigenvalue weighted by molar-refractivity contribution is 7.11. The van der Waals surface area contributed by atoms with Gasteiger partial charge in [0.05, 0.1) is 7.11 Å². The summed E-state index contributed by atoms with van der Waals surface area (Å²) in [5.74, 6) is -2.32. The van der Waals surface area contributed by atoms with Crippen LogP contribution in [0.2, 0.25) is 0 Å². The van der Waals surface area contributed by atoms with Crippen LogP contribution in [0.5, 0.6) is 0 Å². The minimum Gasteiger partial charge on any atom is -0.466 e. The van der Waals surface area contributed by atoms with Crippen LogP contribution in [0.1, 0.15) is 70.6 Å². The van der Waals surface area contributed by atoms with Crippen molar-refractivity contribution in [3.05, 3.63) is 28.5 Å². The molecule has 0 unspecified atom stereocenters. The van der Waals surface area contributed by atoms with E-state index in [0.29, 0.717) is 29.7 Å². The fraction of sp³-hybridized carbons (Fsp3) is 0.583. The van der Waals surface area contributed by atoms with Gasteiger partial charge in [0, 0.05) is 36.1 Å². The third kappa shape index (κ3) is 6.90. The van der Waals surface area contributed by atoms with Crippen molar-refractivity contribution >= 4 is 40.8 Å². The molecule has 0 amide bonds. The molecule has 8 nitrogen and oxygen atoms in total. The van der Waals surface area contributed by atoms with E-state index in [9.17, 15) is 19.2 Å². The lowest BCUT2D eigenvalue weighted by Gasteiger charge is -2.39. The van der Waals surface area contributed by atoms with Gasteiger partial charge in [-0.05, 0) is 36.8 Å². The molecule has 182 valence electrons. The van der Waals surface area contributed by atoms with Crippen molar-refractivity contribution in [2.45, 2.75) is 83.5 Å². The van der Waals surface area contributed by atoms with Crippen LogP contribution in [-0.4, -0.2) is 48.8 Å². The first-order chi connectivity index (χ1) is 15.8. The number of methoxy groups -OCH3 is 1. The van der Waals surface area contributed by atoms with Crippen LogP contribution in [0.25, 0.3) is 5.57 Å². The zero-order valence-electron chi connectivity index (χ0n) is 19.6. The van der Waals surface area contributed by atoms with E-state index in [4.69, 9.17) is 18.9 Å². The molecule has 0 saturated heterocycles. The molecule has 0 aromatic carbocycles. The maximum atomic E-state index is 12.9. The number of hydrogen-bond donors (Lipinski definition) is 0. The van der Waals surface area contributed by atoms with Crippen molar-refractivity contribution in [2.75, 3.05) is 7.11 Å². The van der Waals surface area contributed by atoms with E-state index in [1.807, 2.05) is 26.2 Å². The van der Waals surface area contributed by atoms with Crippen molar-refractivity contribution in [1.82, 2.24) is 0 Å². The van der Waals surface area contributed by atoms with Gasteiger partial charge in [0.25, 0.3) is 0 Å². The maximum absolute atomic E-state index is 12.9. The average Bonchev–Trinajstić information content (AvgIpc) is 3.30. The summed E-state index contributed by atoms with van der Waals surface area (Å²) in [5, 5.41) is 1.83. The van der Waals surface area contributed by atoms with Crippen LogP contribution in [0.15, 0.2) is 23.6 Å². The van der Waals surface area contributed by atoms with E-state index in [1.54, 1.807) is 12.1 Å². The highest BCUT2D eigenvalue weighted by Crippen LogP contribution is 2.41. The molecule has 0 bridgehead atoms. The molecule has 1 aromatic heterocycles. The molecule has 1 heterocycles. The molecule has 2 rings (SSSR count). The van der Waals surface area contributed by atoms with Gasteiger partial charge < -0.3 is 18.9 Å². The largest absolute Gasteiger partial charge is 0.466 e. The van der Waals surface area contributed by atoms with E-state index in [1.165, 1.54) is 24.5 Å². The van der Waals surface area contributed by atoms with E-state index >= 15 is 0 Å². The van der Waals surface area contributed by atoms with Crippen LogP contribution < -0.4 is 0 Å². The predicted molar refractivity (Wildman–Crippen MR) is 122 cm³/mol. The average molecular weight is 481 g/mol. The number of ether oxygens (including phenoxy) is 4. The first kappa shape index (κ1) is 26.6.